The van der Waals surface area contributed by atoms with Crippen LogP contribution < -0.4 is 0 Å². The van der Waals surface area contributed by atoms with Gasteiger partial charge in [-0.15, -0.1) is 0 Å². The zero-order valence-electron chi connectivity index (χ0n) is 10.3. The van der Waals surface area contributed by atoms with Crippen LogP contribution in [0.2, 0.25) is 0 Å². The molecule has 1 heterocycles. The molecule has 2 nitrogen and oxygen atoms in total. The van der Waals surface area contributed by atoms with Crippen molar-refractivity contribution in [3.8, 4) is 17.0 Å². The Balaban J connectivity index is 2.13. The van der Waals surface area contributed by atoms with Gasteiger partial charge >= 0.3 is 0 Å². The van der Waals surface area contributed by atoms with E-state index in [2.05, 4.69) is 23.2 Å². The number of aromatic hydroxyl groups is 1. The predicted octanol–water partition coefficient (Wildman–Crippen LogP) is 4.10. The van der Waals surface area contributed by atoms with Gasteiger partial charge < -0.3 is 10.1 Å². The van der Waals surface area contributed by atoms with Gasteiger partial charge in [-0.25, -0.2) is 0 Å². The molecule has 0 unspecified atom stereocenters. The molecule has 0 spiro atoms. The van der Waals surface area contributed by atoms with Gasteiger partial charge in [0.2, 0.25) is 0 Å². The highest BCUT2D eigenvalue weighted by Crippen LogP contribution is 2.28. The number of rotatable bonds is 2. The SMILES string of the molecule is CCc1cc(-c2cc3ccccc3[nH]2)ccc1O. The molecular weight excluding hydrogens is 222 g/mol. The third kappa shape index (κ3) is 1.76. The van der Waals surface area contributed by atoms with Crippen LogP contribution in [0.3, 0.4) is 0 Å². The highest BCUT2D eigenvalue weighted by atomic mass is 16.3. The van der Waals surface area contributed by atoms with E-state index < -0.39 is 0 Å². The van der Waals surface area contributed by atoms with Gasteiger partial charge in [-0.1, -0.05) is 25.1 Å². The Morgan fingerprint density at radius 2 is 1.89 bits per heavy atom. The van der Waals surface area contributed by atoms with E-state index in [0.29, 0.717) is 5.75 Å². The summed E-state index contributed by atoms with van der Waals surface area (Å²) in [6.07, 6.45) is 0.833. The molecule has 0 fully saturated rings. The molecule has 3 aromatic rings. The Bertz CT molecular complexity index is 664. The molecule has 2 N–H and O–H groups in total. The monoisotopic (exact) mass is 237 g/mol. The molecule has 0 aliphatic carbocycles. The summed E-state index contributed by atoms with van der Waals surface area (Å²) in [5.41, 5.74) is 4.32. The zero-order chi connectivity index (χ0) is 12.5. The number of benzene rings is 2. The lowest BCUT2D eigenvalue weighted by Gasteiger charge is -2.04. The van der Waals surface area contributed by atoms with Crippen LogP contribution in [0.15, 0.2) is 48.5 Å². The van der Waals surface area contributed by atoms with Crippen molar-refractivity contribution in [1.82, 2.24) is 4.98 Å². The number of hydrogen-bond donors (Lipinski definition) is 2. The first-order valence-electron chi connectivity index (χ1n) is 6.18. The van der Waals surface area contributed by atoms with E-state index in [1.165, 1.54) is 5.39 Å². The summed E-state index contributed by atoms with van der Waals surface area (Å²) in [5.74, 6) is 0.373. The number of aromatic nitrogens is 1. The number of para-hydroxylation sites is 1. The van der Waals surface area contributed by atoms with E-state index in [4.69, 9.17) is 0 Å². The molecule has 1 aromatic heterocycles. The molecule has 2 heteroatoms. The maximum atomic E-state index is 9.71. The lowest BCUT2D eigenvalue weighted by molar-refractivity contribution is 0.469. The molecule has 3 rings (SSSR count). The van der Waals surface area contributed by atoms with Gasteiger partial charge in [0.05, 0.1) is 0 Å². The van der Waals surface area contributed by atoms with E-state index in [1.807, 2.05) is 31.2 Å². The second kappa shape index (κ2) is 4.22. The number of fused-ring (bicyclic) bond motifs is 1. The standard InChI is InChI=1S/C16H15NO/c1-2-11-9-13(7-8-16(11)18)15-10-12-5-3-4-6-14(12)17-15/h3-10,17-18H,2H2,1H3. The van der Waals surface area contributed by atoms with E-state index in [-0.39, 0.29) is 0 Å². The van der Waals surface area contributed by atoms with Crippen molar-refractivity contribution in [3.63, 3.8) is 0 Å². The molecular formula is C16H15NO. The van der Waals surface area contributed by atoms with Crippen molar-refractivity contribution in [2.24, 2.45) is 0 Å². The first-order chi connectivity index (χ1) is 8.78. The minimum Gasteiger partial charge on any atom is -0.508 e. The fourth-order valence-electron chi connectivity index (χ4n) is 2.27. The first kappa shape index (κ1) is 10.9. The maximum absolute atomic E-state index is 9.71. The van der Waals surface area contributed by atoms with Gasteiger partial charge in [0.1, 0.15) is 5.75 Å². The lowest BCUT2D eigenvalue weighted by Crippen LogP contribution is -1.84. The molecule has 0 aliphatic rings. The molecule has 0 atom stereocenters. The minimum absolute atomic E-state index is 0.373. The van der Waals surface area contributed by atoms with Gasteiger partial charge in [-0.3, -0.25) is 0 Å². The summed E-state index contributed by atoms with van der Waals surface area (Å²) in [6, 6.07) is 16.1. The van der Waals surface area contributed by atoms with Crippen molar-refractivity contribution >= 4 is 10.9 Å². The second-order valence-corrected chi connectivity index (χ2v) is 4.47. The largest absolute Gasteiger partial charge is 0.508 e. The van der Waals surface area contributed by atoms with Crippen LogP contribution in [0.25, 0.3) is 22.2 Å². The van der Waals surface area contributed by atoms with Gasteiger partial charge in [-0.2, -0.15) is 0 Å². The highest BCUT2D eigenvalue weighted by Gasteiger charge is 2.05. The Morgan fingerprint density at radius 3 is 2.67 bits per heavy atom. The van der Waals surface area contributed by atoms with Crippen molar-refractivity contribution in [3.05, 3.63) is 54.1 Å². The van der Waals surface area contributed by atoms with E-state index in [0.717, 1.165) is 28.8 Å². The number of aromatic amines is 1. The molecule has 2 aromatic carbocycles. The summed E-state index contributed by atoms with van der Waals surface area (Å²) in [6.45, 7) is 2.05. The topological polar surface area (TPSA) is 36.0 Å². The van der Waals surface area contributed by atoms with E-state index >= 15 is 0 Å². The van der Waals surface area contributed by atoms with Crippen molar-refractivity contribution in [1.29, 1.82) is 0 Å². The van der Waals surface area contributed by atoms with Gasteiger partial charge in [0, 0.05) is 16.6 Å². The van der Waals surface area contributed by atoms with Crippen LogP contribution in [0, 0.1) is 0 Å². The number of nitrogens with one attached hydrogen (secondary N) is 1. The van der Waals surface area contributed by atoms with Gasteiger partial charge in [0.25, 0.3) is 0 Å². The smallest absolute Gasteiger partial charge is 0.118 e. The first-order valence-corrected chi connectivity index (χ1v) is 6.18. The average Bonchev–Trinajstić information content (AvgIpc) is 2.83. The molecule has 0 bridgehead atoms. The Morgan fingerprint density at radius 1 is 1.06 bits per heavy atom. The molecule has 0 aliphatic heterocycles. The Labute approximate surface area is 106 Å². The average molecular weight is 237 g/mol. The molecule has 0 saturated heterocycles. The molecule has 18 heavy (non-hydrogen) atoms. The van der Waals surface area contributed by atoms with Crippen LogP contribution in [0.1, 0.15) is 12.5 Å². The number of H-pyrrole nitrogens is 1. The maximum Gasteiger partial charge on any atom is 0.118 e. The molecule has 0 amide bonds. The summed E-state index contributed by atoms with van der Waals surface area (Å²) in [5, 5.41) is 10.9. The molecule has 0 saturated carbocycles. The normalized spacial score (nSPS) is 10.9. The second-order valence-electron chi connectivity index (χ2n) is 4.47. The highest BCUT2D eigenvalue weighted by molar-refractivity contribution is 5.85. The van der Waals surface area contributed by atoms with Crippen LogP contribution >= 0.6 is 0 Å². The Hall–Kier alpha value is -2.22. The van der Waals surface area contributed by atoms with Crippen LogP contribution in [-0.2, 0) is 6.42 Å². The predicted molar refractivity (Wildman–Crippen MR) is 74.8 cm³/mol. The molecule has 0 radical (unpaired) electrons. The van der Waals surface area contributed by atoms with Gasteiger partial charge in [0.15, 0.2) is 0 Å². The van der Waals surface area contributed by atoms with E-state index in [9.17, 15) is 5.11 Å². The number of hydrogen-bond acceptors (Lipinski definition) is 1. The van der Waals surface area contributed by atoms with Crippen molar-refractivity contribution in [2.45, 2.75) is 13.3 Å². The van der Waals surface area contributed by atoms with Gasteiger partial charge in [-0.05, 0) is 47.9 Å². The number of phenols is 1. The summed E-state index contributed by atoms with van der Waals surface area (Å²) < 4.78 is 0. The minimum atomic E-state index is 0.373. The third-order valence-corrected chi connectivity index (χ3v) is 3.30. The quantitative estimate of drug-likeness (QED) is 0.691. The summed E-state index contributed by atoms with van der Waals surface area (Å²) in [4.78, 5) is 3.40. The third-order valence-electron chi connectivity index (χ3n) is 3.30. The zero-order valence-corrected chi connectivity index (χ0v) is 10.3. The van der Waals surface area contributed by atoms with E-state index in [1.54, 1.807) is 6.07 Å². The Kier molecular flexibility index (Phi) is 2.56. The van der Waals surface area contributed by atoms with Crippen molar-refractivity contribution < 1.29 is 5.11 Å². The lowest BCUT2D eigenvalue weighted by atomic mass is 10.1. The summed E-state index contributed by atoms with van der Waals surface area (Å²) in [7, 11) is 0. The number of aryl methyl sites for hydroxylation is 1. The fourth-order valence-corrected chi connectivity index (χ4v) is 2.27. The molecule has 90 valence electrons. The van der Waals surface area contributed by atoms with Crippen molar-refractivity contribution in [2.75, 3.05) is 0 Å². The van der Waals surface area contributed by atoms with Crippen LogP contribution in [-0.4, -0.2) is 10.1 Å². The number of phenolic OH excluding ortho intramolecular Hbond substituents is 1. The summed E-state index contributed by atoms with van der Waals surface area (Å²) >= 11 is 0. The van der Waals surface area contributed by atoms with Crippen LogP contribution in [0.4, 0.5) is 0 Å². The fraction of sp³-hybridized carbons (Fsp3) is 0.125. The van der Waals surface area contributed by atoms with Crippen LogP contribution in [0.5, 0.6) is 5.75 Å².